The molecule has 0 N–H and O–H groups in total. The van der Waals surface area contributed by atoms with Crippen LogP contribution in [0.15, 0.2) is 16.7 Å². The first-order chi connectivity index (χ1) is 6.09. The Hall–Kier alpha value is -0.970. The van der Waals surface area contributed by atoms with Crippen molar-refractivity contribution in [3.63, 3.8) is 0 Å². The average molecular weight is 248 g/mol. The molecule has 13 heavy (non-hydrogen) atoms. The Morgan fingerprint density at radius 1 is 1.77 bits per heavy atom. The van der Waals surface area contributed by atoms with Gasteiger partial charge in [0.15, 0.2) is 0 Å². The smallest absolute Gasteiger partial charge is 0.303 e. The van der Waals surface area contributed by atoms with Crippen molar-refractivity contribution in [1.29, 1.82) is 0 Å². The highest BCUT2D eigenvalue weighted by atomic mass is 79.9. The lowest BCUT2D eigenvalue weighted by atomic mass is 10.3. The van der Waals surface area contributed by atoms with Gasteiger partial charge in [-0.05, 0) is 22.0 Å². The van der Waals surface area contributed by atoms with Crippen LogP contribution in [0.3, 0.4) is 0 Å². The minimum absolute atomic E-state index is 0.124. The van der Waals surface area contributed by atoms with Gasteiger partial charge in [0.25, 0.3) is 0 Å². The van der Waals surface area contributed by atoms with Crippen molar-refractivity contribution in [2.24, 2.45) is 0 Å². The maximum atomic E-state index is 13.0. The molecule has 0 aliphatic rings. The van der Waals surface area contributed by atoms with Gasteiger partial charge in [-0.1, -0.05) is 0 Å². The molecule has 1 aromatic rings. The fourth-order valence-corrected chi connectivity index (χ4v) is 1.02. The van der Waals surface area contributed by atoms with Crippen molar-refractivity contribution < 1.29 is 13.9 Å². The van der Waals surface area contributed by atoms with Crippen LogP contribution in [-0.2, 0) is 16.1 Å². The van der Waals surface area contributed by atoms with Gasteiger partial charge in [-0.25, -0.2) is 4.39 Å². The predicted octanol–water partition coefficient (Wildman–Crippen LogP) is 2.05. The SMILES string of the molecule is CC(=O)OCc1ncc(Br)cc1F. The number of rotatable bonds is 2. The maximum Gasteiger partial charge on any atom is 0.303 e. The summed E-state index contributed by atoms with van der Waals surface area (Å²) in [5.41, 5.74) is 0.124. The van der Waals surface area contributed by atoms with E-state index in [1.54, 1.807) is 0 Å². The lowest BCUT2D eigenvalue weighted by Crippen LogP contribution is -2.02. The van der Waals surface area contributed by atoms with Crippen LogP contribution in [0.25, 0.3) is 0 Å². The molecule has 5 heteroatoms. The molecule has 0 fully saturated rings. The van der Waals surface area contributed by atoms with Gasteiger partial charge in [-0.15, -0.1) is 0 Å². The number of aromatic nitrogens is 1. The molecule has 0 aromatic carbocycles. The number of esters is 1. The Labute approximate surface area is 83.1 Å². The molecule has 1 aromatic heterocycles. The Kier molecular flexibility index (Phi) is 3.36. The summed E-state index contributed by atoms with van der Waals surface area (Å²) in [4.78, 5) is 14.2. The fourth-order valence-electron chi connectivity index (χ4n) is 0.719. The number of carbonyl (C=O) groups is 1. The van der Waals surface area contributed by atoms with E-state index in [2.05, 4.69) is 25.7 Å². The van der Waals surface area contributed by atoms with E-state index in [1.165, 1.54) is 19.2 Å². The van der Waals surface area contributed by atoms with Crippen molar-refractivity contribution in [3.8, 4) is 0 Å². The summed E-state index contributed by atoms with van der Waals surface area (Å²) in [6.45, 7) is 1.13. The molecule has 0 aliphatic heterocycles. The minimum atomic E-state index is -0.490. The molecular formula is C8H7BrFNO2. The van der Waals surface area contributed by atoms with Crippen molar-refractivity contribution in [2.45, 2.75) is 13.5 Å². The van der Waals surface area contributed by atoms with Gasteiger partial charge in [0.2, 0.25) is 0 Å². The number of pyridine rings is 1. The fraction of sp³-hybridized carbons (Fsp3) is 0.250. The van der Waals surface area contributed by atoms with Crippen LogP contribution in [0.2, 0.25) is 0 Å². The zero-order chi connectivity index (χ0) is 9.84. The summed E-state index contributed by atoms with van der Waals surface area (Å²) < 4.78 is 18.2. The van der Waals surface area contributed by atoms with E-state index in [-0.39, 0.29) is 12.3 Å². The zero-order valence-electron chi connectivity index (χ0n) is 6.88. The molecule has 0 bridgehead atoms. The van der Waals surface area contributed by atoms with Crippen molar-refractivity contribution in [3.05, 3.63) is 28.2 Å². The van der Waals surface area contributed by atoms with E-state index in [9.17, 15) is 9.18 Å². The highest BCUT2D eigenvalue weighted by Crippen LogP contribution is 2.12. The second-order valence-electron chi connectivity index (χ2n) is 2.36. The Bertz CT molecular complexity index is 330. The third-order valence-corrected chi connectivity index (χ3v) is 1.73. The maximum absolute atomic E-state index is 13.0. The summed E-state index contributed by atoms with van der Waals surface area (Å²) in [5, 5.41) is 0. The number of carbonyl (C=O) groups excluding carboxylic acids is 1. The van der Waals surface area contributed by atoms with Gasteiger partial charge >= 0.3 is 5.97 Å². The van der Waals surface area contributed by atoms with Gasteiger partial charge in [-0.2, -0.15) is 0 Å². The molecule has 70 valence electrons. The molecule has 0 spiro atoms. The zero-order valence-corrected chi connectivity index (χ0v) is 8.47. The summed E-state index contributed by atoms with van der Waals surface area (Å²) >= 11 is 3.07. The number of halogens is 2. The molecule has 1 heterocycles. The molecule has 0 saturated carbocycles. The van der Waals surface area contributed by atoms with E-state index < -0.39 is 11.8 Å². The van der Waals surface area contributed by atoms with Gasteiger partial charge in [0.05, 0.1) is 0 Å². The quantitative estimate of drug-likeness (QED) is 0.752. The van der Waals surface area contributed by atoms with E-state index in [0.717, 1.165) is 0 Å². The monoisotopic (exact) mass is 247 g/mol. The third kappa shape index (κ3) is 3.10. The molecule has 0 aliphatic carbocycles. The van der Waals surface area contributed by atoms with Crippen LogP contribution in [0, 0.1) is 5.82 Å². The highest BCUT2D eigenvalue weighted by Gasteiger charge is 2.05. The number of nitrogens with zero attached hydrogens (tertiary/aromatic N) is 1. The number of hydrogen-bond donors (Lipinski definition) is 0. The van der Waals surface area contributed by atoms with Crippen LogP contribution in [0.5, 0.6) is 0 Å². The van der Waals surface area contributed by atoms with Crippen LogP contribution in [-0.4, -0.2) is 11.0 Å². The van der Waals surface area contributed by atoms with E-state index in [4.69, 9.17) is 0 Å². The number of hydrogen-bond acceptors (Lipinski definition) is 3. The second-order valence-corrected chi connectivity index (χ2v) is 3.28. The summed E-state index contributed by atoms with van der Waals surface area (Å²) in [7, 11) is 0. The largest absolute Gasteiger partial charge is 0.459 e. The van der Waals surface area contributed by atoms with Gasteiger partial charge in [0.1, 0.15) is 18.1 Å². The van der Waals surface area contributed by atoms with Crippen LogP contribution in [0.1, 0.15) is 12.6 Å². The Morgan fingerprint density at radius 3 is 3.00 bits per heavy atom. The standard InChI is InChI=1S/C8H7BrFNO2/c1-5(12)13-4-8-7(10)2-6(9)3-11-8/h2-3H,4H2,1H3. The number of ether oxygens (including phenoxy) is 1. The summed E-state index contributed by atoms with van der Waals surface area (Å²) in [5.74, 6) is -0.945. The lowest BCUT2D eigenvalue weighted by molar-refractivity contribution is -0.142. The molecular weight excluding hydrogens is 241 g/mol. The first-order valence-corrected chi connectivity index (χ1v) is 4.32. The van der Waals surface area contributed by atoms with Crippen molar-refractivity contribution in [2.75, 3.05) is 0 Å². The molecule has 0 unspecified atom stereocenters. The molecule has 0 saturated heterocycles. The molecule has 0 radical (unpaired) electrons. The van der Waals surface area contributed by atoms with Crippen LogP contribution >= 0.6 is 15.9 Å². The second kappa shape index (κ2) is 4.32. The molecule has 0 amide bonds. The van der Waals surface area contributed by atoms with Gasteiger partial charge < -0.3 is 4.74 Å². The van der Waals surface area contributed by atoms with Crippen molar-refractivity contribution >= 4 is 21.9 Å². The first-order valence-electron chi connectivity index (χ1n) is 3.53. The molecule has 3 nitrogen and oxygen atoms in total. The first kappa shape index (κ1) is 10.1. The molecule has 1 rings (SSSR count). The third-order valence-electron chi connectivity index (χ3n) is 1.30. The normalized spacial score (nSPS) is 9.77. The molecule has 0 atom stereocenters. The Balaban J connectivity index is 2.72. The van der Waals surface area contributed by atoms with E-state index >= 15 is 0 Å². The summed E-state index contributed by atoms with van der Waals surface area (Å²) in [6, 6.07) is 1.27. The summed E-state index contributed by atoms with van der Waals surface area (Å²) in [6.07, 6.45) is 1.45. The Morgan fingerprint density at radius 2 is 2.46 bits per heavy atom. The van der Waals surface area contributed by atoms with E-state index in [1.807, 2.05) is 0 Å². The van der Waals surface area contributed by atoms with Gasteiger partial charge in [-0.3, -0.25) is 9.78 Å². The van der Waals surface area contributed by atoms with E-state index in [0.29, 0.717) is 4.47 Å². The van der Waals surface area contributed by atoms with Crippen molar-refractivity contribution in [1.82, 2.24) is 4.98 Å². The lowest BCUT2D eigenvalue weighted by Gasteiger charge is -2.02. The van der Waals surface area contributed by atoms with Crippen LogP contribution in [0.4, 0.5) is 4.39 Å². The van der Waals surface area contributed by atoms with Crippen LogP contribution < -0.4 is 0 Å². The average Bonchev–Trinajstić information content (AvgIpc) is 2.02. The topological polar surface area (TPSA) is 39.2 Å². The minimum Gasteiger partial charge on any atom is -0.459 e. The predicted molar refractivity (Wildman–Crippen MR) is 47.4 cm³/mol. The highest BCUT2D eigenvalue weighted by molar-refractivity contribution is 9.10. The van der Waals surface area contributed by atoms with Gasteiger partial charge in [0, 0.05) is 17.6 Å².